The second-order valence-corrected chi connectivity index (χ2v) is 4.74. The Balaban J connectivity index is 2.63. The lowest BCUT2D eigenvalue weighted by Gasteiger charge is -2.29. The summed E-state index contributed by atoms with van der Waals surface area (Å²) in [6, 6.07) is -1.54. The summed E-state index contributed by atoms with van der Waals surface area (Å²) in [4.78, 5) is 35.4. The van der Waals surface area contributed by atoms with Gasteiger partial charge in [-0.25, -0.2) is 9.59 Å². The molecule has 1 atom stereocenters. The van der Waals surface area contributed by atoms with Gasteiger partial charge in [0.15, 0.2) is 0 Å². The van der Waals surface area contributed by atoms with Crippen LogP contribution in [-0.2, 0) is 9.59 Å². The largest absolute Gasteiger partial charge is 0.480 e. The van der Waals surface area contributed by atoms with Crippen molar-refractivity contribution in [3.63, 3.8) is 0 Å². The van der Waals surface area contributed by atoms with Gasteiger partial charge in [-0.2, -0.15) is 0 Å². The molecule has 0 aromatic carbocycles. The van der Waals surface area contributed by atoms with E-state index in [1.54, 1.807) is 4.90 Å². The smallest absolute Gasteiger partial charge is 0.326 e. The summed E-state index contributed by atoms with van der Waals surface area (Å²) < 4.78 is 0. The number of carboxylic acids is 1. The SMILES string of the molecule is CCN(C(=O)N[C@H](CC(N)=O)C(=O)O)C1CCCC1. The van der Waals surface area contributed by atoms with E-state index in [9.17, 15) is 14.4 Å². The van der Waals surface area contributed by atoms with Gasteiger partial charge in [-0.05, 0) is 19.8 Å². The van der Waals surface area contributed by atoms with Crippen molar-refractivity contribution in [2.45, 2.75) is 51.1 Å². The first-order valence-electron chi connectivity index (χ1n) is 6.54. The first-order chi connectivity index (χ1) is 8.95. The number of nitrogens with zero attached hydrogens (tertiary/aromatic N) is 1. The number of carbonyl (C=O) groups excluding carboxylic acids is 2. The molecule has 0 aromatic heterocycles. The third kappa shape index (κ3) is 4.42. The predicted octanol–water partition coefficient (Wildman–Crippen LogP) is 0.289. The van der Waals surface area contributed by atoms with Crippen LogP contribution in [0.15, 0.2) is 0 Å². The second kappa shape index (κ2) is 6.96. The Kier molecular flexibility index (Phi) is 5.59. The summed E-state index contributed by atoms with van der Waals surface area (Å²) in [5.41, 5.74) is 4.97. The van der Waals surface area contributed by atoms with Crippen LogP contribution in [-0.4, -0.2) is 46.5 Å². The van der Waals surface area contributed by atoms with Crippen molar-refractivity contribution in [3.05, 3.63) is 0 Å². The summed E-state index contributed by atoms with van der Waals surface area (Å²) in [5.74, 6) is -2.01. The average molecular weight is 271 g/mol. The van der Waals surface area contributed by atoms with E-state index in [1.807, 2.05) is 6.92 Å². The van der Waals surface area contributed by atoms with Gasteiger partial charge in [-0.15, -0.1) is 0 Å². The molecule has 0 aromatic rings. The standard InChI is InChI=1S/C12H21N3O4/c1-2-15(8-5-3-4-6-8)12(19)14-9(11(17)18)7-10(13)16/h8-9H,2-7H2,1H3,(H2,13,16)(H,14,19)(H,17,18)/t9-/m1/s1. The number of hydrogen-bond acceptors (Lipinski definition) is 3. The topological polar surface area (TPSA) is 113 Å². The van der Waals surface area contributed by atoms with Gasteiger partial charge in [0.05, 0.1) is 6.42 Å². The Bertz CT molecular complexity index is 353. The molecule has 1 saturated carbocycles. The van der Waals surface area contributed by atoms with Gasteiger partial charge in [0, 0.05) is 12.6 Å². The molecule has 1 fully saturated rings. The maximum atomic E-state index is 12.1. The van der Waals surface area contributed by atoms with Crippen molar-refractivity contribution in [1.82, 2.24) is 10.2 Å². The molecule has 7 heteroatoms. The number of carboxylic acid groups (broad SMARTS) is 1. The first kappa shape index (κ1) is 15.3. The summed E-state index contributed by atoms with van der Waals surface area (Å²) in [7, 11) is 0. The monoisotopic (exact) mass is 271 g/mol. The molecule has 3 amide bonds. The van der Waals surface area contributed by atoms with Gasteiger partial charge in [0.1, 0.15) is 6.04 Å². The lowest BCUT2D eigenvalue weighted by Crippen LogP contribution is -2.51. The van der Waals surface area contributed by atoms with Crippen LogP contribution < -0.4 is 11.1 Å². The molecule has 1 aliphatic carbocycles. The van der Waals surface area contributed by atoms with Crippen LogP contribution in [0.3, 0.4) is 0 Å². The summed E-state index contributed by atoms with van der Waals surface area (Å²) in [6.07, 6.45) is 3.64. The van der Waals surface area contributed by atoms with E-state index in [-0.39, 0.29) is 6.04 Å². The highest BCUT2D eigenvalue weighted by molar-refractivity contribution is 5.87. The minimum Gasteiger partial charge on any atom is -0.480 e. The number of amides is 3. The molecule has 7 nitrogen and oxygen atoms in total. The highest BCUT2D eigenvalue weighted by Crippen LogP contribution is 2.23. The van der Waals surface area contributed by atoms with Crippen LogP contribution in [0.4, 0.5) is 4.79 Å². The van der Waals surface area contributed by atoms with Crippen molar-refractivity contribution >= 4 is 17.9 Å². The zero-order valence-corrected chi connectivity index (χ0v) is 11.1. The molecule has 0 heterocycles. The Morgan fingerprint density at radius 2 is 1.95 bits per heavy atom. The Hall–Kier alpha value is -1.79. The van der Waals surface area contributed by atoms with E-state index >= 15 is 0 Å². The lowest BCUT2D eigenvalue weighted by molar-refractivity contribution is -0.141. The van der Waals surface area contributed by atoms with Crippen LogP contribution in [0.5, 0.6) is 0 Å². The van der Waals surface area contributed by atoms with E-state index in [4.69, 9.17) is 10.8 Å². The van der Waals surface area contributed by atoms with Crippen molar-refractivity contribution in [1.29, 1.82) is 0 Å². The molecule has 0 saturated heterocycles. The van der Waals surface area contributed by atoms with Crippen LogP contribution in [0.1, 0.15) is 39.0 Å². The second-order valence-electron chi connectivity index (χ2n) is 4.74. The summed E-state index contributed by atoms with van der Waals surface area (Å²) >= 11 is 0. The number of nitrogens with one attached hydrogen (secondary N) is 1. The molecule has 19 heavy (non-hydrogen) atoms. The van der Waals surface area contributed by atoms with Crippen molar-refractivity contribution < 1.29 is 19.5 Å². The van der Waals surface area contributed by atoms with Gasteiger partial charge in [-0.1, -0.05) is 12.8 Å². The maximum Gasteiger partial charge on any atom is 0.326 e. The molecule has 4 N–H and O–H groups in total. The fraction of sp³-hybridized carbons (Fsp3) is 0.750. The van der Waals surface area contributed by atoms with Gasteiger partial charge in [-0.3, -0.25) is 4.79 Å². The van der Waals surface area contributed by atoms with E-state index in [0.717, 1.165) is 25.7 Å². The number of primary amides is 1. The average Bonchev–Trinajstić information content (AvgIpc) is 2.82. The quantitative estimate of drug-likeness (QED) is 0.644. The number of rotatable bonds is 6. The van der Waals surface area contributed by atoms with Crippen LogP contribution >= 0.6 is 0 Å². The van der Waals surface area contributed by atoms with Crippen LogP contribution in [0.25, 0.3) is 0 Å². The van der Waals surface area contributed by atoms with Crippen LogP contribution in [0, 0.1) is 0 Å². The normalized spacial score (nSPS) is 16.9. The fourth-order valence-corrected chi connectivity index (χ4v) is 2.42. The molecular weight excluding hydrogens is 250 g/mol. The van der Waals surface area contributed by atoms with E-state index in [1.165, 1.54) is 0 Å². The number of hydrogen-bond donors (Lipinski definition) is 3. The van der Waals surface area contributed by atoms with Crippen molar-refractivity contribution in [2.24, 2.45) is 5.73 Å². The minimum absolute atomic E-state index is 0.160. The molecular formula is C12H21N3O4. The summed E-state index contributed by atoms with van der Waals surface area (Å²) in [5, 5.41) is 11.3. The zero-order chi connectivity index (χ0) is 14.4. The van der Waals surface area contributed by atoms with E-state index < -0.39 is 30.4 Å². The summed E-state index contributed by atoms with van der Waals surface area (Å²) in [6.45, 7) is 2.36. The molecule has 0 unspecified atom stereocenters. The van der Waals surface area contributed by atoms with Crippen LogP contribution in [0.2, 0.25) is 0 Å². The molecule has 0 radical (unpaired) electrons. The number of aliphatic carboxylic acids is 1. The highest BCUT2D eigenvalue weighted by atomic mass is 16.4. The molecule has 1 rings (SSSR count). The minimum atomic E-state index is -1.26. The Labute approximate surface area is 112 Å². The van der Waals surface area contributed by atoms with E-state index in [2.05, 4.69) is 5.32 Å². The maximum absolute atomic E-state index is 12.1. The van der Waals surface area contributed by atoms with Crippen molar-refractivity contribution in [3.8, 4) is 0 Å². The van der Waals surface area contributed by atoms with Gasteiger partial charge < -0.3 is 21.1 Å². The predicted molar refractivity (Wildman–Crippen MR) is 68.4 cm³/mol. The third-order valence-corrected chi connectivity index (χ3v) is 3.37. The zero-order valence-electron chi connectivity index (χ0n) is 11.1. The number of urea groups is 1. The number of nitrogens with two attached hydrogens (primary N) is 1. The molecule has 108 valence electrons. The first-order valence-corrected chi connectivity index (χ1v) is 6.54. The Morgan fingerprint density at radius 1 is 1.37 bits per heavy atom. The lowest BCUT2D eigenvalue weighted by atomic mass is 10.2. The molecule has 1 aliphatic rings. The molecule has 0 bridgehead atoms. The van der Waals surface area contributed by atoms with Crippen molar-refractivity contribution in [2.75, 3.05) is 6.54 Å². The third-order valence-electron chi connectivity index (χ3n) is 3.37. The van der Waals surface area contributed by atoms with Gasteiger partial charge in [0.25, 0.3) is 0 Å². The van der Waals surface area contributed by atoms with E-state index in [0.29, 0.717) is 6.54 Å². The Morgan fingerprint density at radius 3 is 2.37 bits per heavy atom. The molecule has 0 aliphatic heterocycles. The van der Waals surface area contributed by atoms with Gasteiger partial charge in [0.2, 0.25) is 5.91 Å². The molecule has 0 spiro atoms. The highest BCUT2D eigenvalue weighted by Gasteiger charge is 2.29. The fourth-order valence-electron chi connectivity index (χ4n) is 2.42. The van der Waals surface area contributed by atoms with Gasteiger partial charge >= 0.3 is 12.0 Å². The number of carbonyl (C=O) groups is 3.